The van der Waals surface area contributed by atoms with E-state index in [2.05, 4.69) is 19.2 Å². The van der Waals surface area contributed by atoms with Crippen molar-refractivity contribution in [2.75, 3.05) is 0 Å². The molecule has 2 aliphatic rings. The number of rotatable bonds is 3. The summed E-state index contributed by atoms with van der Waals surface area (Å²) in [5.74, 6) is 1.60. The molecule has 0 aliphatic heterocycles. The smallest absolute Gasteiger partial charge is 0.240 e. The Morgan fingerprint density at radius 2 is 1.84 bits per heavy atom. The van der Waals surface area contributed by atoms with Crippen LogP contribution in [0.1, 0.15) is 71.6 Å². The largest absolute Gasteiger partial charge is 0.352 e. The lowest BCUT2D eigenvalue weighted by molar-refractivity contribution is -0.128. The van der Waals surface area contributed by atoms with E-state index in [1.165, 1.54) is 19.3 Å². The van der Waals surface area contributed by atoms with Gasteiger partial charge in [0.1, 0.15) is 0 Å². The standard InChI is InChI=1S/C16H30N2O/c1-12(2)13-7-6-8-14(11-13)18-15(19)16(17)9-4-3-5-10-16/h12-14H,3-11,17H2,1-2H3,(H,18,19). The summed E-state index contributed by atoms with van der Waals surface area (Å²) in [6.07, 6.45) is 9.98. The van der Waals surface area contributed by atoms with Gasteiger partial charge in [-0.25, -0.2) is 0 Å². The van der Waals surface area contributed by atoms with Crippen LogP contribution in [-0.4, -0.2) is 17.5 Å². The second-order valence-corrected chi connectivity index (χ2v) is 7.06. The van der Waals surface area contributed by atoms with E-state index in [0.717, 1.165) is 50.4 Å². The first-order valence-corrected chi connectivity index (χ1v) is 8.11. The lowest BCUT2D eigenvalue weighted by Gasteiger charge is -2.36. The van der Waals surface area contributed by atoms with E-state index in [-0.39, 0.29) is 5.91 Å². The zero-order chi connectivity index (χ0) is 13.9. The summed E-state index contributed by atoms with van der Waals surface area (Å²) in [5, 5.41) is 3.25. The van der Waals surface area contributed by atoms with Crippen LogP contribution in [0.2, 0.25) is 0 Å². The van der Waals surface area contributed by atoms with Crippen LogP contribution in [0.4, 0.5) is 0 Å². The van der Waals surface area contributed by atoms with Crippen LogP contribution in [0.25, 0.3) is 0 Å². The third-order valence-corrected chi connectivity index (χ3v) is 5.19. The molecule has 2 saturated carbocycles. The first-order chi connectivity index (χ1) is 9.01. The van der Waals surface area contributed by atoms with Crippen LogP contribution in [-0.2, 0) is 4.79 Å². The molecule has 0 aromatic rings. The summed E-state index contributed by atoms with van der Waals surface area (Å²) in [4.78, 5) is 12.4. The summed E-state index contributed by atoms with van der Waals surface area (Å²) >= 11 is 0. The van der Waals surface area contributed by atoms with Crippen molar-refractivity contribution in [3.05, 3.63) is 0 Å². The Hall–Kier alpha value is -0.570. The van der Waals surface area contributed by atoms with Gasteiger partial charge in [0.25, 0.3) is 0 Å². The third-order valence-electron chi connectivity index (χ3n) is 5.19. The fraction of sp³-hybridized carbons (Fsp3) is 0.938. The van der Waals surface area contributed by atoms with Crippen molar-refractivity contribution < 1.29 is 4.79 Å². The number of carbonyl (C=O) groups is 1. The van der Waals surface area contributed by atoms with Crippen LogP contribution >= 0.6 is 0 Å². The zero-order valence-corrected chi connectivity index (χ0v) is 12.6. The molecule has 0 aromatic heterocycles. The van der Waals surface area contributed by atoms with Gasteiger partial charge in [0.2, 0.25) is 5.91 Å². The molecule has 0 spiro atoms. The molecule has 3 nitrogen and oxygen atoms in total. The van der Waals surface area contributed by atoms with Gasteiger partial charge in [0.05, 0.1) is 5.54 Å². The van der Waals surface area contributed by atoms with E-state index in [1.54, 1.807) is 0 Å². The van der Waals surface area contributed by atoms with Crippen LogP contribution in [0.3, 0.4) is 0 Å². The molecule has 0 heterocycles. The highest BCUT2D eigenvalue weighted by molar-refractivity contribution is 5.86. The quantitative estimate of drug-likeness (QED) is 0.825. The maximum atomic E-state index is 12.4. The Balaban J connectivity index is 1.87. The first kappa shape index (κ1) is 14.8. The summed E-state index contributed by atoms with van der Waals surface area (Å²) in [6, 6.07) is 0.357. The number of nitrogens with two attached hydrogens (primary N) is 1. The van der Waals surface area contributed by atoms with Crippen molar-refractivity contribution in [1.82, 2.24) is 5.32 Å². The molecule has 3 heteroatoms. The maximum absolute atomic E-state index is 12.4. The van der Waals surface area contributed by atoms with Gasteiger partial charge < -0.3 is 11.1 Å². The van der Waals surface area contributed by atoms with E-state index in [1.807, 2.05) is 0 Å². The predicted octanol–water partition coefficient (Wildman–Crippen LogP) is 2.98. The molecule has 2 fully saturated rings. The highest BCUT2D eigenvalue weighted by Gasteiger charge is 2.37. The predicted molar refractivity (Wildman–Crippen MR) is 78.7 cm³/mol. The molecule has 2 aliphatic carbocycles. The minimum Gasteiger partial charge on any atom is -0.352 e. The molecule has 2 rings (SSSR count). The van der Waals surface area contributed by atoms with Crippen molar-refractivity contribution in [1.29, 1.82) is 0 Å². The zero-order valence-electron chi connectivity index (χ0n) is 12.6. The number of hydrogen-bond acceptors (Lipinski definition) is 2. The molecular formula is C16H30N2O. The Bertz CT molecular complexity index is 308. The minimum absolute atomic E-state index is 0.113. The third kappa shape index (κ3) is 3.71. The topological polar surface area (TPSA) is 55.1 Å². The summed E-state index contributed by atoms with van der Waals surface area (Å²) < 4.78 is 0. The second kappa shape index (κ2) is 6.25. The lowest BCUT2D eigenvalue weighted by atomic mass is 9.78. The summed E-state index contributed by atoms with van der Waals surface area (Å²) in [6.45, 7) is 4.58. The Morgan fingerprint density at radius 1 is 1.16 bits per heavy atom. The number of carbonyl (C=O) groups excluding carboxylic acids is 1. The van der Waals surface area contributed by atoms with Gasteiger partial charge in [-0.05, 0) is 37.5 Å². The summed E-state index contributed by atoms with van der Waals surface area (Å²) in [5.41, 5.74) is 5.72. The van der Waals surface area contributed by atoms with Crippen molar-refractivity contribution in [2.24, 2.45) is 17.6 Å². The number of hydrogen-bond donors (Lipinski definition) is 2. The molecule has 3 N–H and O–H groups in total. The highest BCUT2D eigenvalue weighted by Crippen LogP contribution is 2.31. The fourth-order valence-electron chi connectivity index (χ4n) is 3.70. The van der Waals surface area contributed by atoms with Gasteiger partial charge in [-0.15, -0.1) is 0 Å². The molecule has 110 valence electrons. The van der Waals surface area contributed by atoms with E-state index < -0.39 is 5.54 Å². The van der Waals surface area contributed by atoms with E-state index in [0.29, 0.717) is 6.04 Å². The van der Waals surface area contributed by atoms with Crippen LogP contribution in [0.15, 0.2) is 0 Å². The maximum Gasteiger partial charge on any atom is 0.240 e. The minimum atomic E-state index is -0.580. The van der Waals surface area contributed by atoms with Gasteiger partial charge >= 0.3 is 0 Å². The molecule has 0 aromatic carbocycles. The first-order valence-electron chi connectivity index (χ1n) is 8.11. The average Bonchev–Trinajstić information content (AvgIpc) is 2.40. The fourth-order valence-corrected chi connectivity index (χ4v) is 3.70. The summed E-state index contributed by atoms with van der Waals surface area (Å²) in [7, 11) is 0. The van der Waals surface area contributed by atoms with E-state index in [4.69, 9.17) is 5.73 Å². The SMILES string of the molecule is CC(C)C1CCCC(NC(=O)C2(N)CCCCC2)C1. The molecule has 2 unspecified atom stereocenters. The molecule has 2 atom stereocenters. The van der Waals surface area contributed by atoms with E-state index in [9.17, 15) is 4.79 Å². The normalized spacial score (nSPS) is 31.2. The van der Waals surface area contributed by atoms with Crippen molar-refractivity contribution >= 4 is 5.91 Å². The van der Waals surface area contributed by atoms with Gasteiger partial charge in [-0.1, -0.05) is 46.0 Å². The van der Waals surface area contributed by atoms with Gasteiger partial charge in [-0.2, -0.15) is 0 Å². The Morgan fingerprint density at radius 3 is 2.47 bits per heavy atom. The van der Waals surface area contributed by atoms with Crippen molar-refractivity contribution in [3.63, 3.8) is 0 Å². The van der Waals surface area contributed by atoms with Gasteiger partial charge in [0, 0.05) is 6.04 Å². The van der Waals surface area contributed by atoms with Crippen LogP contribution < -0.4 is 11.1 Å². The van der Waals surface area contributed by atoms with E-state index >= 15 is 0 Å². The monoisotopic (exact) mass is 266 g/mol. The Kier molecular flexibility index (Phi) is 4.88. The second-order valence-electron chi connectivity index (χ2n) is 7.06. The van der Waals surface area contributed by atoms with Gasteiger partial charge in [-0.3, -0.25) is 4.79 Å². The average molecular weight is 266 g/mol. The molecule has 1 amide bonds. The lowest BCUT2D eigenvalue weighted by Crippen LogP contribution is -2.57. The van der Waals surface area contributed by atoms with Gasteiger partial charge in [0.15, 0.2) is 0 Å². The van der Waals surface area contributed by atoms with Crippen molar-refractivity contribution in [3.8, 4) is 0 Å². The molecule has 0 radical (unpaired) electrons. The molecule has 19 heavy (non-hydrogen) atoms. The van der Waals surface area contributed by atoms with Crippen LogP contribution in [0.5, 0.6) is 0 Å². The van der Waals surface area contributed by atoms with Crippen LogP contribution in [0, 0.1) is 11.8 Å². The van der Waals surface area contributed by atoms with Crippen molar-refractivity contribution in [2.45, 2.75) is 83.2 Å². The molecule has 0 saturated heterocycles. The number of nitrogens with one attached hydrogen (secondary N) is 1. The molecular weight excluding hydrogens is 236 g/mol. The number of amides is 1. The molecule has 0 bridgehead atoms. The Labute approximate surface area is 117 Å². The highest BCUT2D eigenvalue weighted by atomic mass is 16.2.